The lowest BCUT2D eigenvalue weighted by Gasteiger charge is -2.18. The average molecular weight is 432 g/mol. The monoisotopic (exact) mass is 430 g/mol. The van der Waals surface area contributed by atoms with Gasteiger partial charge >= 0.3 is 0 Å². The largest absolute Gasteiger partial charge is 0.371 e. The lowest BCUT2D eigenvalue weighted by Crippen LogP contribution is -2.34. The molecule has 9 heteroatoms. The summed E-state index contributed by atoms with van der Waals surface area (Å²) in [5.41, 5.74) is 0.916. The summed E-state index contributed by atoms with van der Waals surface area (Å²) in [6.45, 7) is 0.546. The summed E-state index contributed by atoms with van der Waals surface area (Å²) in [5.74, 6) is -0.0963. The zero-order valence-corrected chi connectivity index (χ0v) is 15.7. The van der Waals surface area contributed by atoms with Gasteiger partial charge in [-0.1, -0.05) is 23.2 Å². The molecule has 1 amide bonds. The Kier molecular flexibility index (Phi) is 4.85. The third kappa shape index (κ3) is 3.16. The van der Waals surface area contributed by atoms with Crippen LogP contribution in [-0.2, 0) is 11.8 Å². The molecule has 126 valence electrons. The minimum Gasteiger partial charge on any atom is -0.371 e. The minimum absolute atomic E-state index is 0.0963. The maximum absolute atomic E-state index is 12.6. The lowest BCUT2D eigenvalue weighted by atomic mass is 10.2. The highest BCUT2D eigenvalue weighted by molar-refractivity contribution is 9.10. The zero-order valence-electron chi connectivity index (χ0n) is 12.6. The number of hydrogen-bond acceptors (Lipinski definition) is 4. The SMILES string of the molecule is Cn1ncc(NC2CCN(c3ccc(Cl)c(Cl)c3)C2=O)c(Br)c1=O. The van der Waals surface area contributed by atoms with Crippen LogP contribution in [0.3, 0.4) is 0 Å². The Morgan fingerprint density at radius 3 is 2.75 bits per heavy atom. The molecule has 0 saturated carbocycles. The van der Waals surface area contributed by atoms with Crippen molar-refractivity contribution in [2.45, 2.75) is 12.5 Å². The van der Waals surface area contributed by atoms with Crippen LogP contribution in [0.2, 0.25) is 10.0 Å². The van der Waals surface area contributed by atoms with Crippen molar-refractivity contribution in [2.75, 3.05) is 16.8 Å². The number of amides is 1. The van der Waals surface area contributed by atoms with Gasteiger partial charge in [-0.25, -0.2) is 4.68 Å². The van der Waals surface area contributed by atoms with Gasteiger partial charge in [-0.05, 0) is 40.5 Å². The van der Waals surface area contributed by atoms with Gasteiger partial charge in [-0.15, -0.1) is 0 Å². The number of carbonyl (C=O) groups is 1. The second kappa shape index (κ2) is 6.74. The fraction of sp³-hybridized carbons (Fsp3) is 0.267. The average Bonchev–Trinajstić information content (AvgIpc) is 2.91. The van der Waals surface area contributed by atoms with Crippen molar-refractivity contribution >= 4 is 56.4 Å². The first-order valence-corrected chi connectivity index (χ1v) is 8.68. The highest BCUT2D eigenvalue weighted by Gasteiger charge is 2.33. The molecule has 1 aromatic carbocycles. The molecule has 1 atom stereocenters. The molecule has 1 saturated heterocycles. The number of benzene rings is 1. The van der Waals surface area contributed by atoms with Gasteiger partial charge in [0.15, 0.2) is 0 Å². The summed E-state index contributed by atoms with van der Waals surface area (Å²) in [6.07, 6.45) is 2.11. The van der Waals surface area contributed by atoms with Gasteiger partial charge in [-0.2, -0.15) is 5.10 Å². The Morgan fingerprint density at radius 2 is 2.04 bits per heavy atom. The van der Waals surface area contributed by atoms with Gasteiger partial charge in [0.2, 0.25) is 5.91 Å². The molecule has 1 fully saturated rings. The molecule has 0 aliphatic carbocycles. The smallest absolute Gasteiger partial charge is 0.282 e. The molecule has 1 aliphatic rings. The van der Waals surface area contributed by atoms with E-state index in [0.717, 1.165) is 0 Å². The maximum Gasteiger partial charge on any atom is 0.282 e. The van der Waals surface area contributed by atoms with Crippen LogP contribution in [0.5, 0.6) is 0 Å². The minimum atomic E-state index is -0.440. The summed E-state index contributed by atoms with van der Waals surface area (Å²) in [5, 5.41) is 7.88. The molecule has 1 N–H and O–H groups in total. The molecule has 6 nitrogen and oxygen atoms in total. The summed E-state index contributed by atoms with van der Waals surface area (Å²) >= 11 is 15.2. The van der Waals surface area contributed by atoms with E-state index in [-0.39, 0.29) is 11.5 Å². The Hall–Kier alpha value is -1.57. The second-order valence-corrected chi connectivity index (χ2v) is 6.98. The van der Waals surface area contributed by atoms with E-state index in [1.807, 2.05) is 0 Å². The van der Waals surface area contributed by atoms with Crippen LogP contribution in [0.1, 0.15) is 6.42 Å². The molecule has 0 bridgehead atoms. The standard InChI is InChI=1S/C15H13BrCl2N4O2/c1-21-15(24)13(16)12(7-19-21)20-11-4-5-22(14(11)23)8-2-3-9(17)10(18)6-8/h2-3,6-7,11,20H,4-5H2,1H3. The molecule has 24 heavy (non-hydrogen) atoms. The van der Waals surface area contributed by atoms with Crippen LogP contribution in [0.4, 0.5) is 11.4 Å². The molecule has 2 aromatic rings. The van der Waals surface area contributed by atoms with E-state index in [2.05, 4.69) is 26.3 Å². The van der Waals surface area contributed by atoms with E-state index >= 15 is 0 Å². The van der Waals surface area contributed by atoms with E-state index < -0.39 is 6.04 Å². The first-order valence-electron chi connectivity index (χ1n) is 7.13. The summed E-state index contributed by atoms with van der Waals surface area (Å²) in [6, 6.07) is 4.64. The van der Waals surface area contributed by atoms with Crippen molar-refractivity contribution < 1.29 is 4.79 Å². The molecule has 2 heterocycles. The van der Waals surface area contributed by atoms with Crippen molar-refractivity contribution in [2.24, 2.45) is 7.05 Å². The summed E-state index contributed by atoms with van der Waals surface area (Å²) < 4.78 is 1.56. The van der Waals surface area contributed by atoms with Crippen molar-refractivity contribution in [1.29, 1.82) is 0 Å². The molecular formula is C15H13BrCl2N4O2. The molecule has 0 radical (unpaired) electrons. The van der Waals surface area contributed by atoms with Crippen LogP contribution in [0.15, 0.2) is 33.7 Å². The topological polar surface area (TPSA) is 67.2 Å². The number of rotatable bonds is 3. The number of aryl methyl sites for hydroxylation is 1. The van der Waals surface area contributed by atoms with E-state index in [1.165, 1.54) is 10.9 Å². The predicted octanol–water partition coefficient (Wildman–Crippen LogP) is 3.07. The summed E-state index contributed by atoms with van der Waals surface area (Å²) in [7, 11) is 1.56. The number of carbonyl (C=O) groups excluding carboxylic acids is 1. The van der Waals surface area contributed by atoms with Crippen LogP contribution in [-0.4, -0.2) is 28.3 Å². The second-order valence-electron chi connectivity index (χ2n) is 5.37. The molecule has 1 unspecified atom stereocenters. The number of nitrogens with one attached hydrogen (secondary N) is 1. The Bertz CT molecular complexity index is 871. The lowest BCUT2D eigenvalue weighted by molar-refractivity contribution is -0.117. The number of nitrogens with zero attached hydrogens (tertiary/aromatic N) is 3. The van der Waals surface area contributed by atoms with Crippen molar-refractivity contribution in [1.82, 2.24) is 9.78 Å². The van der Waals surface area contributed by atoms with Crippen LogP contribution in [0.25, 0.3) is 0 Å². The van der Waals surface area contributed by atoms with E-state index in [9.17, 15) is 9.59 Å². The predicted molar refractivity (Wildman–Crippen MR) is 98.0 cm³/mol. The van der Waals surface area contributed by atoms with Crippen molar-refractivity contribution in [3.8, 4) is 0 Å². The van der Waals surface area contributed by atoms with E-state index in [0.29, 0.717) is 38.9 Å². The van der Waals surface area contributed by atoms with Crippen LogP contribution in [0, 0.1) is 0 Å². The number of hydrogen-bond donors (Lipinski definition) is 1. The van der Waals surface area contributed by atoms with Crippen molar-refractivity contribution in [3.05, 3.63) is 49.3 Å². The quantitative estimate of drug-likeness (QED) is 0.810. The molecule has 0 spiro atoms. The van der Waals surface area contributed by atoms with Gasteiger partial charge in [0.25, 0.3) is 5.56 Å². The molecule has 1 aromatic heterocycles. The normalized spacial score (nSPS) is 17.4. The Morgan fingerprint density at radius 1 is 1.29 bits per heavy atom. The molecule has 3 rings (SSSR count). The maximum atomic E-state index is 12.6. The van der Waals surface area contributed by atoms with Crippen molar-refractivity contribution in [3.63, 3.8) is 0 Å². The molecular weight excluding hydrogens is 419 g/mol. The Labute approximate surface area is 156 Å². The third-order valence-electron chi connectivity index (χ3n) is 3.83. The van der Waals surface area contributed by atoms with Gasteiger partial charge in [0.05, 0.1) is 21.9 Å². The first-order chi connectivity index (χ1) is 11.4. The Balaban J connectivity index is 1.80. The highest BCUT2D eigenvalue weighted by atomic mass is 79.9. The first kappa shape index (κ1) is 17.3. The third-order valence-corrected chi connectivity index (χ3v) is 5.33. The number of halogens is 3. The summed E-state index contributed by atoms with van der Waals surface area (Å²) in [4.78, 5) is 26.2. The van der Waals surface area contributed by atoms with Gasteiger partial charge in [-0.3, -0.25) is 9.59 Å². The van der Waals surface area contributed by atoms with Gasteiger partial charge in [0.1, 0.15) is 10.5 Å². The number of aromatic nitrogens is 2. The highest BCUT2D eigenvalue weighted by Crippen LogP contribution is 2.30. The van der Waals surface area contributed by atoms with Gasteiger partial charge < -0.3 is 10.2 Å². The zero-order chi connectivity index (χ0) is 17.4. The molecule has 1 aliphatic heterocycles. The van der Waals surface area contributed by atoms with E-state index in [1.54, 1.807) is 30.1 Å². The van der Waals surface area contributed by atoms with E-state index in [4.69, 9.17) is 23.2 Å². The fourth-order valence-electron chi connectivity index (χ4n) is 2.52. The number of anilines is 2. The van der Waals surface area contributed by atoms with Crippen LogP contribution >= 0.6 is 39.1 Å². The van der Waals surface area contributed by atoms with Crippen LogP contribution < -0.4 is 15.8 Å². The van der Waals surface area contributed by atoms with Gasteiger partial charge in [0, 0.05) is 19.3 Å². The fourth-order valence-corrected chi connectivity index (χ4v) is 3.29.